The van der Waals surface area contributed by atoms with Crippen molar-refractivity contribution in [2.75, 3.05) is 0 Å². The summed E-state index contributed by atoms with van der Waals surface area (Å²) >= 11 is 0. The Morgan fingerprint density at radius 2 is 2.38 bits per heavy atom. The first-order valence-corrected chi connectivity index (χ1v) is 3.82. The summed E-state index contributed by atoms with van der Waals surface area (Å²) in [6.45, 7) is 10.6. The largest absolute Gasteiger partial charge is 0.362 e. The summed E-state index contributed by atoms with van der Waals surface area (Å²) in [5.41, 5.74) is 1.77. The normalized spacial score (nSPS) is 9.77. The van der Waals surface area contributed by atoms with Crippen molar-refractivity contribution in [3.63, 3.8) is 0 Å². The number of nitrogens with zero attached hydrogens (tertiary/aromatic N) is 3. The van der Waals surface area contributed by atoms with Gasteiger partial charge in [-0.05, 0) is 6.07 Å². The molecule has 0 radical (unpaired) electrons. The van der Waals surface area contributed by atoms with Gasteiger partial charge in [-0.2, -0.15) is 0 Å². The average Bonchev–Trinajstić information content (AvgIpc) is 2.59. The molecule has 0 atom stereocenters. The third-order valence-electron chi connectivity index (χ3n) is 1.86. The lowest BCUT2D eigenvalue weighted by molar-refractivity contribution is 1.20. The fourth-order valence-electron chi connectivity index (χ4n) is 1.19. The van der Waals surface area contributed by atoms with Crippen LogP contribution in [-0.2, 0) is 0 Å². The molecule has 0 aliphatic heterocycles. The number of aromatic nitrogens is 2. The second-order valence-electron chi connectivity index (χ2n) is 2.62. The molecule has 0 N–H and O–H groups in total. The maximum Gasteiger partial charge on any atom is 0.254 e. The molecule has 3 nitrogen and oxygen atoms in total. The van der Waals surface area contributed by atoms with Crippen LogP contribution in [0, 0.1) is 6.57 Å². The summed E-state index contributed by atoms with van der Waals surface area (Å²) in [7, 11) is 0. The molecule has 0 aliphatic carbocycles. The van der Waals surface area contributed by atoms with Gasteiger partial charge in [-0.3, -0.25) is 0 Å². The van der Waals surface area contributed by atoms with Gasteiger partial charge in [0.15, 0.2) is 0 Å². The van der Waals surface area contributed by atoms with Crippen LogP contribution in [0.3, 0.4) is 0 Å². The SMILES string of the molecule is [C-]#[N+]c1cnc2ccc(C=C)cn12. The van der Waals surface area contributed by atoms with Crippen molar-refractivity contribution >= 4 is 17.5 Å². The molecule has 0 unspecified atom stereocenters. The maximum absolute atomic E-state index is 6.91. The van der Waals surface area contributed by atoms with E-state index in [4.69, 9.17) is 6.57 Å². The number of imidazole rings is 1. The van der Waals surface area contributed by atoms with Gasteiger partial charge in [0.25, 0.3) is 5.82 Å². The zero-order valence-corrected chi connectivity index (χ0v) is 6.94. The summed E-state index contributed by atoms with van der Waals surface area (Å²) in [5, 5.41) is 0. The van der Waals surface area contributed by atoms with Crippen molar-refractivity contribution in [1.82, 2.24) is 9.38 Å². The molecule has 0 fully saturated rings. The summed E-state index contributed by atoms with van der Waals surface area (Å²) in [4.78, 5) is 7.43. The van der Waals surface area contributed by atoms with Crippen LogP contribution in [0.1, 0.15) is 5.56 Å². The lowest BCUT2D eigenvalue weighted by Gasteiger charge is -1.93. The van der Waals surface area contributed by atoms with Crippen LogP contribution in [0.25, 0.3) is 16.6 Å². The maximum atomic E-state index is 6.91. The molecule has 2 aromatic heterocycles. The molecule has 0 saturated carbocycles. The van der Waals surface area contributed by atoms with Gasteiger partial charge in [-0.15, -0.1) is 0 Å². The van der Waals surface area contributed by atoms with Crippen molar-refractivity contribution in [2.45, 2.75) is 0 Å². The Morgan fingerprint density at radius 3 is 3.08 bits per heavy atom. The molecule has 0 bridgehead atoms. The predicted octanol–water partition coefficient (Wildman–Crippen LogP) is 2.53. The topological polar surface area (TPSA) is 21.7 Å². The lowest BCUT2D eigenvalue weighted by atomic mass is 10.3. The van der Waals surface area contributed by atoms with Gasteiger partial charge in [-0.1, -0.05) is 19.2 Å². The molecule has 2 heterocycles. The number of fused-ring (bicyclic) bond motifs is 1. The molecule has 3 heteroatoms. The van der Waals surface area contributed by atoms with Crippen molar-refractivity contribution in [2.24, 2.45) is 0 Å². The zero-order valence-electron chi connectivity index (χ0n) is 6.94. The standard InChI is InChI=1S/C10H7N3/c1-3-8-4-5-9-12-6-10(11-2)13(9)7-8/h3-7H,1H2. The van der Waals surface area contributed by atoms with Gasteiger partial charge in [0, 0.05) is 11.6 Å². The van der Waals surface area contributed by atoms with E-state index in [1.807, 2.05) is 18.3 Å². The third-order valence-corrected chi connectivity index (χ3v) is 1.86. The van der Waals surface area contributed by atoms with Crippen molar-refractivity contribution in [1.29, 1.82) is 0 Å². The Kier molecular flexibility index (Phi) is 1.60. The number of rotatable bonds is 1. The van der Waals surface area contributed by atoms with Crippen LogP contribution >= 0.6 is 0 Å². The summed E-state index contributed by atoms with van der Waals surface area (Å²) in [6.07, 6.45) is 5.16. The quantitative estimate of drug-likeness (QED) is 0.601. The molecule has 0 spiro atoms. The second-order valence-corrected chi connectivity index (χ2v) is 2.62. The van der Waals surface area contributed by atoms with Crippen LogP contribution in [0.2, 0.25) is 0 Å². The van der Waals surface area contributed by atoms with E-state index in [-0.39, 0.29) is 0 Å². The van der Waals surface area contributed by atoms with Crippen LogP contribution in [0.5, 0.6) is 0 Å². The Morgan fingerprint density at radius 1 is 1.54 bits per heavy atom. The first-order chi connectivity index (χ1) is 6.35. The smallest absolute Gasteiger partial charge is 0.254 e. The Balaban J connectivity index is 2.80. The summed E-state index contributed by atoms with van der Waals surface area (Å²) < 4.78 is 1.75. The third kappa shape index (κ3) is 1.09. The minimum Gasteiger partial charge on any atom is -0.362 e. The monoisotopic (exact) mass is 169 g/mol. The van der Waals surface area contributed by atoms with E-state index in [0.29, 0.717) is 5.82 Å². The summed E-state index contributed by atoms with van der Waals surface area (Å²) in [6, 6.07) is 3.79. The number of hydrogen-bond donors (Lipinski definition) is 0. The molecule has 13 heavy (non-hydrogen) atoms. The minimum atomic E-state index is 0.527. The van der Waals surface area contributed by atoms with Crippen molar-refractivity contribution < 1.29 is 0 Å². The van der Waals surface area contributed by atoms with E-state index in [0.717, 1.165) is 11.2 Å². The molecular weight excluding hydrogens is 162 g/mol. The van der Waals surface area contributed by atoms with Gasteiger partial charge >= 0.3 is 0 Å². The van der Waals surface area contributed by atoms with Gasteiger partial charge < -0.3 is 4.85 Å². The van der Waals surface area contributed by atoms with Gasteiger partial charge in [0.2, 0.25) is 5.65 Å². The highest BCUT2D eigenvalue weighted by atomic mass is 15.1. The highest BCUT2D eigenvalue weighted by Crippen LogP contribution is 2.15. The Bertz CT molecular complexity index is 502. The lowest BCUT2D eigenvalue weighted by Crippen LogP contribution is -1.84. The van der Waals surface area contributed by atoms with E-state index < -0.39 is 0 Å². The number of pyridine rings is 1. The van der Waals surface area contributed by atoms with Gasteiger partial charge in [0.05, 0.1) is 12.4 Å². The van der Waals surface area contributed by atoms with Crippen LogP contribution in [0.15, 0.2) is 31.1 Å². The van der Waals surface area contributed by atoms with E-state index >= 15 is 0 Å². The van der Waals surface area contributed by atoms with Crippen molar-refractivity contribution in [3.05, 3.63) is 48.1 Å². The average molecular weight is 169 g/mol. The molecule has 0 saturated heterocycles. The van der Waals surface area contributed by atoms with Crippen LogP contribution < -0.4 is 0 Å². The minimum absolute atomic E-state index is 0.527. The first kappa shape index (κ1) is 7.56. The molecule has 2 aromatic rings. The molecular formula is C10H7N3. The van der Waals surface area contributed by atoms with Crippen LogP contribution in [-0.4, -0.2) is 9.38 Å². The molecule has 0 aliphatic rings. The summed E-state index contributed by atoms with van der Waals surface area (Å²) in [5.74, 6) is 0.527. The first-order valence-electron chi connectivity index (χ1n) is 3.82. The Hall–Kier alpha value is -2.08. The second kappa shape index (κ2) is 2.76. The Labute approximate surface area is 75.8 Å². The molecule has 2 rings (SSSR count). The fourth-order valence-corrected chi connectivity index (χ4v) is 1.19. The van der Waals surface area contributed by atoms with E-state index in [1.165, 1.54) is 0 Å². The van der Waals surface area contributed by atoms with Crippen molar-refractivity contribution in [3.8, 4) is 0 Å². The van der Waals surface area contributed by atoms with Gasteiger partial charge in [-0.25, -0.2) is 9.38 Å². The number of hydrogen-bond acceptors (Lipinski definition) is 1. The van der Waals surface area contributed by atoms with Crippen LogP contribution in [0.4, 0.5) is 5.82 Å². The highest BCUT2D eigenvalue weighted by molar-refractivity contribution is 5.56. The molecule has 0 amide bonds. The highest BCUT2D eigenvalue weighted by Gasteiger charge is 2.03. The van der Waals surface area contributed by atoms with E-state index in [2.05, 4.69) is 16.4 Å². The molecule has 0 aromatic carbocycles. The van der Waals surface area contributed by atoms with Gasteiger partial charge in [0.1, 0.15) is 0 Å². The van der Waals surface area contributed by atoms with E-state index in [9.17, 15) is 0 Å². The zero-order chi connectivity index (χ0) is 9.26. The fraction of sp³-hybridized carbons (Fsp3) is 0. The predicted molar refractivity (Wildman–Crippen MR) is 51.5 cm³/mol. The molecule has 62 valence electrons. The van der Waals surface area contributed by atoms with E-state index in [1.54, 1.807) is 16.7 Å².